The molecule has 0 saturated heterocycles. The SMILES string of the molecule is COC(=O)Cc1c[nH]c2cc(OCCCn3ccc4ccccc43)ccc12. The second kappa shape index (κ2) is 7.58. The van der Waals surface area contributed by atoms with E-state index in [1.165, 1.54) is 18.0 Å². The first-order valence-corrected chi connectivity index (χ1v) is 9.08. The number of nitrogens with one attached hydrogen (secondary N) is 1. The Morgan fingerprint density at radius 2 is 2.04 bits per heavy atom. The molecule has 5 heteroatoms. The third-order valence-corrected chi connectivity index (χ3v) is 4.79. The van der Waals surface area contributed by atoms with Gasteiger partial charge in [0.2, 0.25) is 0 Å². The number of ether oxygens (including phenoxy) is 2. The van der Waals surface area contributed by atoms with E-state index in [-0.39, 0.29) is 12.4 Å². The fourth-order valence-electron chi connectivity index (χ4n) is 3.39. The topological polar surface area (TPSA) is 56.3 Å². The van der Waals surface area contributed by atoms with Gasteiger partial charge in [-0.05, 0) is 41.6 Å². The first-order valence-electron chi connectivity index (χ1n) is 9.08. The fraction of sp³-hybridized carbons (Fsp3) is 0.227. The fourth-order valence-corrected chi connectivity index (χ4v) is 3.39. The second-order valence-electron chi connectivity index (χ2n) is 6.54. The van der Waals surface area contributed by atoms with Crippen LogP contribution in [0.3, 0.4) is 0 Å². The Labute approximate surface area is 157 Å². The first kappa shape index (κ1) is 17.2. The summed E-state index contributed by atoms with van der Waals surface area (Å²) in [6, 6.07) is 16.4. The van der Waals surface area contributed by atoms with Crippen LogP contribution in [0, 0.1) is 0 Å². The molecular weight excluding hydrogens is 340 g/mol. The maximum absolute atomic E-state index is 11.5. The number of aromatic nitrogens is 2. The normalized spacial score (nSPS) is 11.1. The number of nitrogens with zero attached hydrogens (tertiary/aromatic N) is 1. The minimum absolute atomic E-state index is 0.242. The molecule has 0 bridgehead atoms. The van der Waals surface area contributed by atoms with Gasteiger partial charge in [0.25, 0.3) is 0 Å². The molecule has 4 aromatic rings. The zero-order chi connectivity index (χ0) is 18.6. The monoisotopic (exact) mass is 362 g/mol. The van der Waals surface area contributed by atoms with Crippen LogP contribution in [0.4, 0.5) is 0 Å². The lowest BCUT2D eigenvalue weighted by Gasteiger charge is -2.08. The molecule has 27 heavy (non-hydrogen) atoms. The lowest BCUT2D eigenvalue weighted by molar-refractivity contribution is -0.139. The molecule has 0 aliphatic heterocycles. The van der Waals surface area contributed by atoms with E-state index in [0.717, 1.165) is 35.2 Å². The number of fused-ring (bicyclic) bond motifs is 2. The van der Waals surface area contributed by atoms with E-state index in [1.54, 1.807) is 0 Å². The van der Waals surface area contributed by atoms with Crippen molar-refractivity contribution in [2.75, 3.05) is 13.7 Å². The maximum atomic E-state index is 11.5. The van der Waals surface area contributed by atoms with Crippen LogP contribution in [0.2, 0.25) is 0 Å². The predicted octanol–water partition coefficient (Wildman–Crippen LogP) is 4.31. The zero-order valence-electron chi connectivity index (χ0n) is 15.3. The summed E-state index contributed by atoms with van der Waals surface area (Å²) in [5.41, 5.74) is 3.15. The van der Waals surface area contributed by atoms with Crippen molar-refractivity contribution in [3.63, 3.8) is 0 Å². The third kappa shape index (κ3) is 3.67. The van der Waals surface area contributed by atoms with Crippen LogP contribution < -0.4 is 4.74 Å². The van der Waals surface area contributed by atoms with Crippen molar-refractivity contribution in [3.8, 4) is 5.75 Å². The van der Waals surface area contributed by atoms with Gasteiger partial charge in [0.1, 0.15) is 5.75 Å². The number of rotatable bonds is 7. The van der Waals surface area contributed by atoms with E-state index in [0.29, 0.717) is 6.61 Å². The molecule has 0 radical (unpaired) electrons. The smallest absolute Gasteiger partial charge is 0.310 e. The highest BCUT2D eigenvalue weighted by Gasteiger charge is 2.09. The molecule has 0 aliphatic carbocycles. The quantitative estimate of drug-likeness (QED) is 0.394. The van der Waals surface area contributed by atoms with Crippen molar-refractivity contribution in [2.24, 2.45) is 0 Å². The van der Waals surface area contributed by atoms with Crippen LogP contribution in [0.15, 0.2) is 60.9 Å². The van der Waals surface area contributed by atoms with Gasteiger partial charge in [0.15, 0.2) is 0 Å². The minimum Gasteiger partial charge on any atom is -0.493 e. The van der Waals surface area contributed by atoms with E-state index in [1.807, 2.05) is 24.4 Å². The summed E-state index contributed by atoms with van der Waals surface area (Å²) in [6.07, 6.45) is 5.16. The molecule has 0 fully saturated rings. The highest BCUT2D eigenvalue weighted by Crippen LogP contribution is 2.24. The van der Waals surface area contributed by atoms with E-state index in [9.17, 15) is 4.79 Å². The summed E-state index contributed by atoms with van der Waals surface area (Å²) in [5, 5.41) is 2.28. The van der Waals surface area contributed by atoms with Crippen molar-refractivity contribution in [1.29, 1.82) is 0 Å². The molecule has 0 aliphatic rings. The van der Waals surface area contributed by atoms with Crippen LogP contribution in [-0.4, -0.2) is 29.2 Å². The first-order chi connectivity index (χ1) is 13.2. The number of carbonyl (C=O) groups excluding carboxylic acids is 1. The average molecular weight is 362 g/mol. The molecule has 0 atom stereocenters. The van der Waals surface area contributed by atoms with Gasteiger partial charge in [-0.1, -0.05) is 18.2 Å². The molecule has 0 amide bonds. The Morgan fingerprint density at radius 1 is 1.15 bits per heavy atom. The zero-order valence-corrected chi connectivity index (χ0v) is 15.3. The van der Waals surface area contributed by atoms with Crippen LogP contribution in [0.25, 0.3) is 21.8 Å². The van der Waals surface area contributed by atoms with E-state index in [2.05, 4.69) is 46.1 Å². The number of benzene rings is 2. The number of hydrogen-bond acceptors (Lipinski definition) is 3. The van der Waals surface area contributed by atoms with Crippen molar-refractivity contribution < 1.29 is 14.3 Å². The van der Waals surface area contributed by atoms with Crippen molar-refractivity contribution in [3.05, 3.63) is 66.5 Å². The number of H-pyrrole nitrogens is 1. The molecule has 0 unspecified atom stereocenters. The predicted molar refractivity (Wildman–Crippen MR) is 106 cm³/mol. The standard InChI is InChI=1S/C22H22N2O3/c1-26-22(25)13-17-15-23-20-14-18(7-8-19(17)20)27-12-4-10-24-11-9-16-5-2-3-6-21(16)24/h2-3,5-9,11,14-15,23H,4,10,12-13H2,1H3. The average Bonchev–Trinajstić information content (AvgIpc) is 3.29. The van der Waals surface area contributed by atoms with E-state index in [4.69, 9.17) is 9.47 Å². The van der Waals surface area contributed by atoms with Gasteiger partial charge in [0, 0.05) is 41.4 Å². The summed E-state index contributed by atoms with van der Waals surface area (Å²) < 4.78 is 12.9. The van der Waals surface area contributed by atoms with Gasteiger partial charge in [0.05, 0.1) is 20.1 Å². The van der Waals surface area contributed by atoms with Gasteiger partial charge >= 0.3 is 5.97 Å². The van der Waals surface area contributed by atoms with E-state index < -0.39 is 0 Å². The van der Waals surface area contributed by atoms with Gasteiger partial charge in [-0.15, -0.1) is 0 Å². The molecule has 138 valence electrons. The number of esters is 1. The van der Waals surface area contributed by atoms with Gasteiger partial charge < -0.3 is 19.0 Å². The van der Waals surface area contributed by atoms with Crippen LogP contribution in [0.5, 0.6) is 5.75 Å². The number of aryl methyl sites for hydroxylation is 1. The number of hydrogen-bond donors (Lipinski definition) is 1. The number of methoxy groups -OCH3 is 1. The van der Waals surface area contributed by atoms with Gasteiger partial charge in [-0.2, -0.15) is 0 Å². The molecule has 0 saturated carbocycles. The minimum atomic E-state index is -0.242. The van der Waals surface area contributed by atoms with Gasteiger partial charge in [-0.25, -0.2) is 0 Å². The van der Waals surface area contributed by atoms with Crippen molar-refractivity contribution in [1.82, 2.24) is 9.55 Å². The Balaban J connectivity index is 1.35. The van der Waals surface area contributed by atoms with Crippen molar-refractivity contribution in [2.45, 2.75) is 19.4 Å². The van der Waals surface area contributed by atoms with Gasteiger partial charge in [-0.3, -0.25) is 4.79 Å². The number of para-hydroxylation sites is 1. The summed E-state index contributed by atoms with van der Waals surface area (Å²) in [7, 11) is 1.40. The largest absolute Gasteiger partial charge is 0.493 e. The number of aromatic amines is 1. The molecule has 2 aromatic carbocycles. The Bertz CT molecular complexity index is 1080. The van der Waals surface area contributed by atoms with E-state index >= 15 is 0 Å². The molecule has 4 rings (SSSR count). The highest BCUT2D eigenvalue weighted by molar-refractivity contribution is 5.88. The molecular formula is C22H22N2O3. The summed E-state index contributed by atoms with van der Waals surface area (Å²) in [6.45, 7) is 1.56. The Hall–Kier alpha value is -3.21. The lowest BCUT2D eigenvalue weighted by Crippen LogP contribution is -2.04. The molecule has 0 spiro atoms. The Morgan fingerprint density at radius 3 is 2.93 bits per heavy atom. The molecule has 1 N–H and O–H groups in total. The number of carbonyl (C=O) groups is 1. The van der Waals surface area contributed by atoms with Crippen LogP contribution >= 0.6 is 0 Å². The molecule has 2 heterocycles. The highest BCUT2D eigenvalue weighted by atomic mass is 16.5. The second-order valence-corrected chi connectivity index (χ2v) is 6.54. The van der Waals surface area contributed by atoms with Crippen molar-refractivity contribution >= 4 is 27.8 Å². The van der Waals surface area contributed by atoms with Crippen LogP contribution in [-0.2, 0) is 22.5 Å². The van der Waals surface area contributed by atoms with Crippen LogP contribution in [0.1, 0.15) is 12.0 Å². The summed E-state index contributed by atoms with van der Waals surface area (Å²) in [5.74, 6) is 0.583. The lowest BCUT2D eigenvalue weighted by atomic mass is 10.1. The Kier molecular flexibility index (Phi) is 4.83. The maximum Gasteiger partial charge on any atom is 0.310 e. The third-order valence-electron chi connectivity index (χ3n) is 4.79. The summed E-state index contributed by atoms with van der Waals surface area (Å²) >= 11 is 0. The molecule has 5 nitrogen and oxygen atoms in total. The summed E-state index contributed by atoms with van der Waals surface area (Å²) in [4.78, 5) is 14.7. The molecule has 2 aromatic heterocycles.